The maximum atomic E-state index is 12.4. The molecule has 30 heavy (non-hydrogen) atoms. The number of carbonyl (C=O) groups is 1. The second-order valence-corrected chi connectivity index (χ2v) is 8.70. The van der Waals surface area contributed by atoms with Crippen molar-refractivity contribution in [2.75, 3.05) is 11.9 Å². The van der Waals surface area contributed by atoms with Gasteiger partial charge in [0.05, 0.1) is 4.90 Å². The van der Waals surface area contributed by atoms with E-state index in [1.165, 1.54) is 17.7 Å². The third-order valence-corrected chi connectivity index (χ3v) is 5.92. The molecular formula is C21H25N5O3S. The average molecular weight is 428 g/mol. The SMILES string of the molecule is CCC(=O)Nc1ccc(S(=O)(=O)NCCc2n[nH]c(Cc3cccc(C)c3)n2)cc1. The summed E-state index contributed by atoms with van der Waals surface area (Å²) in [6.45, 7) is 3.96. The van der Waals surface area contributed by atoms with Gasteiger partial charge in [0.15, 0.2) is 5.82 Å². The maximum Gasteiger partial charge on any atom is 0.240 e. The van der Waals surface area contributed by atoms with E-state index in [0.29, 0.717) is 30.8 Å². The van der Waals surface area contributed by atoms with Crippen LogP contribution in [0.5, 0.6) is 0 Å². The first-order valence-electron chi connectivity index (χ1n) is 9.71. The van der Waals surface area contributed by atoms with Gasteiger partial charge in [-0.15, -0.1) is 0 Å². The van der Waals surface area contributed by atoms with Crippen LogP contribution in [0, 0.1) is 6.92 Å². The summed E-state index contributed by atoms with van der Waals surface area (Å²) in [5.41, 5.74) is 2.88. The number of H-pyrrole nitrogens is 1. The normalized spacial score (nSPS) is 11.4. The van der Waals surface area contributed by atoms with Crippen molar-refractivity contribution in [1.82, 2.24) is 19.9 Å². The highest BCUT2D eigenvalue weighted by molar-refractivity contribution is 7.89. The standard InChI is InChI=1S/C21H25N5O3S/c1-3-21(27)23-17-7-9-18(10-8-17)30(28,29)22-12-11-19-24-20(26-25-19)14-16-6-4-5-15(2)13-16/h4-10,13,22H,3,11-12,14H2,1-2H3,(H,23,27)(H,24,25,26). The fourth-order valence-electron chi connectivity index (χ4n) is 2.89. The lowest BCUT2D eigenvalue weighted by Crippen LogP contribution is -2.26. The van der Waals surface area contributed by atoms with Crippen molar-refractivity contribution >= 4 is 21.6 Å². The highest BCUT2D eigenvalue weighted by Gasteiger charge is 2.14. The van der Waals surface area contributed by atoms with Gasteiger partial charge in [-0.25, -0.2) is 18.1 Å². The molecule has 3 N–H and O–H groups in total. The molecule has 9 heteroatoms. The Morgan fingerprint density at radius 1 is 1.13 bits per heavy atom. The van der Waals surface area contributed by atoms with Gasteiger partial charge in [0.2, 0.25) is 15.9 Å². The zero-order chi connectivity index (χ0) is 21.6. The average Bonchev–Trinajstić information content (AvgIpc) is 3.15. The molecule has 0 fully saturated rings. The van der Waals surface area contributed by atoms with Gasteiger partial charge in [-0.05, 0) is 36.8 Å². The first-order chi connectivity index (χ1) is 14.4. The van der Waals surface area contributed by atoms with E-state index in [1.54, 1.807) is 19.1 Å². The number of carbonyl (C=O) groups excluding carboxylic acids is 1. The molecular weight excluding hydrogens is 402 g/mol. The number of sulfonamides is 1. The number of benzene rings is 2. The summed E-state index contributed by atoms with van der Waals surface area (Å²) in [7, 11) is -3.66. The number of nitrogens with one attached hydrogen (secondary N) is 3. The molecule has 158 valence electrons. The number of hydrogen-bond acceptors (Lipinski definition) is 5. The largest absolute Gasteiger partial charge is 0.326 e. The predicted octanol–water partition coefficient (Wildman–Crippen LogP) is 2.57. The molecule has 0 bridgehead atoms. The van der Waals surface area contributed by atoms with Gasteiger partial charge in [-0.3, -0.25) is 9.89 Å². The number of aryl methyl sites for hydroxylation is 1. The Balaban J connectivity index is 1.53. The molecule has 0 atom stereocenters. The van der Waals surface area contributed by atoms with Crippen LogP contribution < -0.4 is 10.0 Å². The van der Waals surface area contributed by atoms with Crippen molar-refractivity contribution in [3.63, 3.8) is 0 Å². The molecule has 1 aromatic heterocycles. The lowest BCUT2D eigenvalue weighted by Gasteiger charge is -2.07. The van der Waals surface area contributed by atoms with Crippen LogP contribution in [0.25, 0.3) is 0 Å². The third-order valence-electron chi connectivity index (χ3n) is 4.44. The van der Waals surface area contributed by atoms with Gasteiger partial charge >= 0.3 is 0 Å². The molecule has 0 spiro atoms. The second kappa shape index (κ2) is 9.64. The summed E-state index contributed by atoms with van der Waals surface area (Å²) in [6.07, 6.45) is 1.37. The van der Waals surface area contributed by atoms with Crippen LogP contribution >= 0.6 is 0 Å². The molecule has 3 rings (SSSR count). The fourth-order valence-corrected chi connectivity index (χ4v) is 3.92. The number of amides is 1. The van der Waals surface area contributed by atoms with Gasteiger partial charge in [0.1, 0.15) is 5.82 Å². The fraction of sp³-hybridized carbons (Fsp3) is 0.286. The molecule has 2 aromatic carbocycles. The smallest absolute Gasteiger partial charge is 0.240 e. The molecule has 1 amide bonds. The van der Waals surface area contributed by atoms with Crippen LogP contribution in [-0.2, 0) is 27.7 Å². The van der Waals surface area contributed by atoms with E-state index in [9.17, 15) is 13.2 Å². The van der Waals surface area contributed by atoms with E-state index in [0.717, 1.165) is 11.4 Å². The minimum absolute atomic E-state index is 0.128. The number of anilines is 1. The van der Waals surface area contributed by atoms with Crippen molar-refractivity contribution < 1.29 is 13.2 Å². The van der Waals surface area contributed by atoms with Crippen LogP contribution in [-0.4, -0.2) is 36.1 Å². The molecule has 0 radical (unpaired) electrons. The summed E-state index contributed by atoms with van der Waals surface area (Å²) in [5, 5.41) is 9.75. The molecule has 1 heterocycles. The number of rotatable bonds is 9. The van der Waals surface area contributed by atoms with E-state index in [2.05, 4.69) is 31.3 Å². The van der Waals surface area contributed by atoms with E-state index in [1.807, 2.05) is 25.1 Å². The maximum absolute atomic E-state index is 12.4. The summed E-state index contributed by atoms with van der Waals surface area (Å²) >= 11 is 0. The third kappa shape index (κ3) is 5.98. The Bertz CT molecular complexity index is 1110. The molecule has 0 saturated heterocycles. The molecule has 0 aliphatic carbocycles. The molecule has 3 aromatic rings. The van der Waals surface area contributed by atoms with Crippen molar-refractivity contribution in [3.8, 4) is 0 Å². The number of aromatic nitrogens is 3. The van der Waals surface area contributed by atoms with E-state index < -0.39 is 10.0 Å². The predicted molar refractivity (Wildman–Crippen MR) is 115 cm³/mol. The van der Waals surface area contributed by atoms with Gasteiger partial charge in [0, 0.05) is 31.5 Å². The first kappa shape index (κ1) is 21.7. The Labute approximate surface area is 176 Å². The highest BCUT2D eigenvalue weighted by atomic mass is 32.2. The van der Waals surface area contributed by atoms with Crippen molar-refractivity contribution in [2.24, 2.45) is 0 Å². The zero-order valence-electron chi connectivity index (χ0n) is 17.0. The van der Waals surface area contributed by atoms with E-state index in [4.69, 9.17) is 0 Å². The molecule has 0 aliphatic rings. The zero-order valence-corrected chi connectivity index (χ0v) is 17.8. The van der Waals surface area contributed by atoms with Gasteiger partial charge in [-0.1, -0.05) is 36.8 Å². The second-order valence-electron chi connectivity index (χ2n) is 6.94. The molecule has 0 aliphatic heterocycles. The minimum Gasteiger partial charge on any atom is -0.326 e. The lowest BCUT2D eigenvalue weighted by atomic mass is 10.1. The van der Waals surface area contributed by atoms with Gasteiger partial charge in [-0.2, -0.15) is 5.10 Å². The number of nitrogens with zero attached hydrogens (tertiary/aromatic N) is 2. The van der Waals surface area contributed by atoms with Gasteiger partial charge < -0.3 is 5.32 Å². The molecule has 8 nitrogen and oxygen atoms in total. The van der Waals surface area contributed by atoms with Crippen molar-refractivity contribution in [2.45, 2.75) is 38.0 Å². The van der Waals surface area contributed by atoms with Crippen LogP contribution in [0.2, 0.25) is 0 Å². The Morgan fingerprint density at radius 2 is 1.90 bits per heavy atom. The quantitative estimate of drug-likeness (QED) is 0.485. The molecule has 0 saturated carbocycles. The Hall–Kier alpha value is -3.04. The van der Waals surface area contributed by atoms with E-state index in [-0.39, 0.29) is 17.3 Å². The minimum atomic E-state index is -3.66. The van der Waals surface area contributed by atoms with E-state index >= 15 is 0 Å². The first-order valence-corrected chi connectivity index (χ1v) is 11.2. The Kier molecular flexibility index (Phi) is 6.96. The molecule has 0 unspecified atom stereocenters. The van der Waals surface area contributed by atoms with Crippen molar-refractivity contribution in [3.05, 3.63) is 71.3 Å². The number of aromatic amines is 1. The topological polar surface area (TPSA) is 117 Å². The van der Waals surface area contributed by atoms with Crippen LogP contribution in [0.15, 0.2) is 53.4 Å². The summed E-state index contributed by atoms with van der Waals surface area (Å²) < 4.78 is 27.4. The lowest BCUT2D eigenvalue weighted by molar-refractivity contribution is -0.115. The summed E-state index contributed by atoms with van der Waals surface area (Å²) in [5.74, 6) is 1.16. The van der Waals surface area contributed by atoms with Crippen molar-refractivity contribution in [1.29, 1.82) is 0 Å². The number of hydrogen-bond donors (Lipinski definition) is 3. The van der Waals surface area contributed by atoms with Crippen LogP contribution in [0.1, 0.15) is 36.1 Å². The summed E-state index contributed by atoms with van der Waals surface area (Å²) in [4.78, 5) is 16.0. The van der Waals surface area contributed by atoms with Gasteiger partial charge in [0.25, 0.3) is 0 Å². The van der Waals surface area contributed by atoms with Crippen LogP contribution in [0.4, 0.5) is 5.69 Å². The summed E-state index contributed by atoms with van der Waals surface area (Å²) in [6, 6.07) is 14.2. The van der Waals surface area contributed by atoms with Crippen LogP contribution in [0.3, 0.4) is 0 Å². The highest BCUT2D eigenvalue weighted by Crippen LogP contribution is 2.14. The Morgan fingerprint density at radius 3 is 2.60 bits per heavy atom. The monoisotopic (exact) mass is 427 g/mol.